The third-order valence-corrected chi connectivity index (χ3v) is 8.18. The molecule has 1 fully saturated rings. The van der Waals surface area contributed by atoms with Crippen LogP contribution in [0.1, 0.15) is 25.3 Å². The van der Waals surface area contributed by atoms with Gasteiger partial charge in [0, 0.05) is 37.9 Å². The van der Waals surface area contributed by atoms with Crippen LogP contribution in [0.5, 0.6) is 11.5 Å². The topological polar surface area (TPSA) is 117 Å². The molecule has 10 nitrogen and oxygen atoms in total. The van der Waals surface area contributed by atoms with Gasteiger partial charge in [-0.25, -0.2) is 17.2 Å². The highest BCUT2D eigenvalue weighted by atomic mass is 32.2. The summed E-state index contributed by atoms with van der Waals surface area (Å²) < 4.78 is 74.3. The number of nitrogens with zero attached hydrogens (tertiary/aromatic N) is 4. The van der Waals surface area contributed by atoms with Crippen LogP contribution in [-0.4, -0.2) is 66.8 Å². The lowest BCUT2D eigenvalue weighted by molar-refractivity contribution is -0.146. The van der Waals surface area contributed by atoms with Crippen molar-refractivity contribution in [2.75, 3.05) is 26.1 Å². The molecule has 1 N–H and O–H groups in total. The molecule has 13 heteroatoms. The highest BCUT2D eigenvalue weighted by Crippen LogP contribution is 2.46. The molecule has 2 heterocycles. The molecule has 0 spiro atoms. The van der Waals surface area contributed by atoms with E-state index in [1.807, 2.05) is 13.0 Å². The largest absolute Gasteiger partial charge is 0.494 e. The van der Waals surface area contributed by atoms with Crippen molar-refractivity contribution in [2.24, 2.45) is 5.92 Å². The number of aromatic nitrogens is 4. The van der Waals surface area contributed by atoms with Crippen molar-refractivity contribution < 1.29 is 31.4 Å². The Balaban J connectivity index is 1.80. The zero-order chi connectivity index (χ0) is 27.0. The van der Waals surface area contributed by atoms with E-state index in [0.717, 1.165) is 5.56 Å². The number of nitrogens with one attached hydrogen (secondary N) is 1. The Hall–Kier alpha value is -3.32. The van der Waals surface area contributed by atoms with E-state index in [9.17, 15) is 17.2 Å². The molecule has 0 unspecified atom stereocenters. The summed E-state index contributed by atoms with van der Waals surface area (Å²) in [4.78, 5) is 4.21. The lowest BCUT2D eigenvalue weighted by Crippen LogP contribution is -2.49. The summed E-state index contributed by atoms with van der Waals surface area (Å²) in [5.41, 5.74) is 1.79. The summed E-state index contributed by atoms with van der Waals surface area (Å²) in [7, 11) is 0.0918. The van der Waals surface area contributed by atoms with Gasteiger partial charge in [0.25, 0.3) is 0 Å². The zero-order valence-electron chi connectivity index (χ0n) is 21.1. The minimum atomic E-state index is -4.17. The lowest BCUT2D eigenvalue weighted by atomic mass is 9.76. The van der Waals surface area contributed by atoms with Crippen molar-refractivity contribution in [2.45, 2.75) is 44.0 Å². The molecule has 0 aliphatic heterocycles. The molecule has 1 saturated carbocycles. The average Bonchev–Trinajstić information content (AvgIpc) is 3.24. The molecule has 0 amide bonds. The van der Waals surface area contributed by atoms with Crippen LogP contribution in [0, 0.1) is 12.8 Å². The van der Waals surface area contributed by atoms with Crippen molar-refractivity contribution in [3.8, 4) is 28.6 Å². The van der Waals surface area contributed by atoms with Crippen LogP contribution in [0.3, 0.4) is 0 Å². The van der Waals surface area contributed by atoms with E-state index < -0.39 is 46.1 Å². The Morgan fingerprint density at radius 1 is 1.11 bits per heavy atom. The summed E-state index contributed by atoms with van der Waals surface area (Å²) in [5, 5.41) is 7.22. The predicted octanol–water partition coefficient (Wildman–Crippen LogP) is 3.85. The zero-order valence-corrected chi connectivity index (χ0v) is 21.9. The van der Waals surface area contributed by atoms with Gasteiger partial charge < -0.3 is 14.2 Å². The van der Waals surface area contributed by atoms with Gasteiger partial charge in [-0.2, -0.15) is 0 Å². The third kappa shape index (κ3) is 5.23. The predicted molar refractivity (Wildman–Crippen MR) is 133 cm³/mol. The molecule has 4 rings (SSSR count). The fourth-order valence-corrected chi connectivity index (χ4v) is 5.84. The van der Waals surface area contributed by atoms with Crippen LogP contribution in [0.4, 0.5) is 14.7 Å². The maximum absolute atomic E-state index is 13.5. The first-order valence-electron chi connectivity index (χ1n) is 11.5. The van der Waals surface area contributed by atoms with Gasteiger partial charge in [-0.1, -0.05) is 6.07 Å². The summed E-state index contributed by atoms with van der Waals surface area (Å²) in [6.45, 7) is 3.28. The number of aryl methyl sites for hydroxylation is 1. The Bertz CT molecular complexity index is 1350. The summed E-state index contributed by atoms with van der Waals surface area (Å²) in [6, 6.07) is 6.93. The quantitative estimate of drug-likeness (QED) is 0.415. The number of pyridine rings is 1. The lowest BCUT2D eigenvalue weighted by Gasteiger charge is -2.41. The van der Waals surface area contributed by atoms with Gasteiger partial charge in [-0.3, -0.25) is 14.3 Å². The Labute approximate surface area is 214 Å². The van der Waals surface area contributed by atoms with Crippen molar-refractivity contribution in [3.05, 3.63) is 42.2 Å². The van der Waals surface area contributed by atoms with Crippen LogP contribution in [-0.2, 0) is 14.8 Å². The van der Waals surface area contributed by atoms with Crippen LogP contribution in [0.2, 0.25) is 0 Å². The smallest absolute Gasteiger partial charge is 0.248 e. The maximum Gasteiger partial charge on any atom is 0.248 e. The Morgan fingerprint density at radius 3 is 2.30 bits per heavy atom. The van der Waals surface area contributed by atoms with Gasteiger partial charge in [0.2, 0.25) is 21.9 Å². The van der Waals surface area contributed by atoms with E-state index in [2.05, 4.69) is 19.9 Å². The molecule has 2 aromatic heterocycles. The number of methoxy groups -OCH3 is 3. The van der Waals surface area contributed by atoms with E-state index in [-0.39, 0.29) is 11.8 Å². The minimum Gasteiger partial charge on any atom is -0.494 e. The van der Waals surface area contributed by atoms with Gasteiger partial charge in [0.05, 0.1) is 20.3 Å². The summed E-state index contributed by atoms with van der Waals surface area (Å²) >= 11 is 0. The molecule has 0 bridgehead atoms. The average molecular weight is 538 g/mol. The number of rotatable bonds is 10. The summed E-state index contributed by atoms with van der Waals surface area (Å²) in [6.07, 6.45) is 1.46. The number of hydrogen-bond donors (Lipinski definition) is 1. The molecular weight excluding hydrogens is 508 g/mol. The van der Waals surface area contributed by atoms with E-state index in [1.165, 1.54) is 32.8 Å². The van der Waals surface area contributed by atoms with Crippen LogP contribution in [0.15, 0.2) is 36.7 Å². The van der Waals surface area contributed by atoms with Crippen molar-refractivity contribution in [1.82, 2.24) is 19.7 Å². The number of alkyl halides is 2. The van der Waals surface area contributed by atoms with E-state index in [1.54, 1.807) is 30.6 Å². The number of ether oxygens (including phenoxy) is 3. The minimum absolute atomic E-state index is 0.139. The first kappa shape index (κ1) is 26.7. The molecule has 37 heavy (non-hydrogen) atoms. The van der Waals surface area contributed by atoms with Crippen molar-refractivity contribution in [1.29, 1.82) is 0 Å². The molecule has 1 aliphatic carbocycles. The second-order valence-electron chi connectivity index (χ2n) is 9.02. The second-order valence-corrected chi connectivity index (χ2v) is 11.1. The maximum atomic E-state index is 13.5. The number of anilines is 1. The standard InChI is InChI=1S/C24H29F2N5O5S/c1-14-9-16(13-27-12-14)22-28-29-23(31(22)20-18(34-3)7-6-8-19(20)35-4)30-37(32,33)15(2)21(36-5)17-10-24(25,26)11-17/h6-9,12-13,15,17,21H,10-11H2,1-5H3,(H,29,30)/t15-,21-/m0/s1. The van der Waals surface area contributed by atoms with Crippen LogP contribution < -0.4 is 14.2 Å². The third-order valence-electron chi connectivity index (χ3n) is 6.47. The molecule has 1 aromatic carbocycles. The van der Waals surface area contributed by atoms with Crippen LogP contribution in [0.25, 0.3) is 17.1 Å². The van der Waals surface area contributed by atoms with Crippen LogP contribution >= 0.6 is 0 Å². The van der Waals surface area contributed by atoms with Gasteiger partial charge >= 0.3 is 0 Å². The molecule has 2 atom stereocenters. The first-order valence-corrected chi connectivity index (χ1v) is 13.1. The molecule has 3 aromatic rings. The number of para-hydroxylation sites is 1. The molecule has 1 aliphatic rings. The van der Waals surface area contributed by atoms with Gasteiger partial charge in [0.1, 0.15) is 22.4 Å². The molecular formula is C24H29F2N5O5S. The first-order chi connectivity index (χ1) is 17.5. The summed E-state index contributed by atoms with van der Waals surface area (Å²) in [5.74, 6) is -2.50. The molecule has 0 radical (unpaired) electrons. The second kappa shape index (κ2) is 10.2. The van der Waals surface area contributed by atoms with Crippen molar-refractivity contribution >= 4 is 16.0 Å². The number of hydrogen-bond acceptors (Lipinski definition) is 8. The highest BCUT2D eigenvalue weighted by Gasteiger charge is 2.51. The highest BCUT2D eigenvalue weighted by molar-refractivity contribution is 7.93. The molecule has 200 valence electrons. The van der Waals surface area contributed by atoms with Gasteiger partial charge in [-0.15, -0.1) is 10.2 Å². The normalized spacial score (nSPS) is 17.1. The fraction of sp³-hybridized carbons (Fsp3) is 0.458. The van der Waals surface area contributed by atoms with Crippen molar-refractivity contribution in [3.63, 3.8) is 0 Å². The molecule has 0 saturated heterocycles. The monoisotopic (exact) mass is 537 g/mol. The number of sulfonamides is 1. The van der Waals surface area contributed by atoms with Gasteiger partial charge in [0.15, 0.2) is 5.82 Å². The number of halogens is 2. The Morgan fingerprint density at radius 2 is 1.76 bits per heavy atom. The van der Waals surface area contributed by atoms with E-state index in [0.29, 0.717) is 22.7 Å². The van der Waals surface area contributed by atoms with E-state index >= 15 is 0 Å². The number of benzene rings is 1. The van der Waals surface area contributed by atoms with Gasteiger partial charge in [-0.05, 0) is 43.5 Å². The SMILES string of the molecule is COc1cccc(OC)c1-n1c(NS(=O)(=O)[C@@H](C)[C@H](OC)C2CC(F)(F)C2)nnc1-c1cncc(C)c1. The van der Waals surface area contributed by atoms with E-state index in [4.69, 9.17) is 14.2 Å². The fourth-order valence-electron chi connectivity index (χ4n) is 4.58. The Kier molecular flexibility index (Phi) is 7.38.